The lowest BCUT2D eigenvalue weighted by Gasteiger charge is -2.23. The minimum Gasteiger partial charge on any atom is -0.465 e. The molecule has 0 bridgehead atoms. The highest BCUT2D eigenvalue weighted by molar-refractivity contribution is 7.57. The van der Waals surface area contributed by atoms with Gasteiger partial charge in [-0.2, -0.15) is 0 Å². The van der Waals surface area contributed by atoms with Crippen LogP contribution in [0, 0.1) is 0 Å². The molecule has 1 aromatic carbocycles. The average Bonchev–Trinajstić information content (AvgIpc) is 2.48. The monoisotopic (exact) mass is 328 g/mol. The number of benzene rings is 1. The van der Waals surface area contributed by atoms with E-state index in [1.54, 1.807) is 26.0 Å². The Labute approximate surface area is 132 Å². The van der Waals surface area contributed by atoms with Gasteiger partial charge in [0.1, 0.15) is 11.8 Å². The first-order valence-corrected chi connectivity index (χ1v) is 9.24. The van der Waals surface area contributed by atoms with Gasteiger partial charge in [0.2, 0.25) is 0 Å². The summed E-state index contributed by atoms with van der Waals surface area (Å²) in [5.41, 5.74) is 0. The van der Waals surface area contributed by atoms with E-state index in [2.05, 4.69) is 10.4 Å². The third-order valence-electron chi connectivity index (χ3n) is 2.91. The average molecular weight is 328 g/mol. The first-order chi connectivity index (χ1) is 10.5. The molecule has 2 atom stereocenters. The summed E-state index contributed by atoms with van der Waals surface area (Å²) in [6.45, 7) is 4.36. The normalized spacial score (nSPS) is 14.9. The molecule has 0 radical (unpaired) electrons. The quantitative estimate of drug-likeness (QED) is 0.390. The van der Waals surface area contributed by atoms with Gasteiger partial charge < -0.3 is 14.6 Å². The van der Waals surface area contributed by atoms with Crippen LogP contribution in [0.3, 0.4) is 0 Å². The van der Waals surface area contributed by atoms with Crippen LogP contribution in [-0.4, -0.2) is 38.4 Å². The summed E-state index contributed by atoms with van der Waals surface area (Å²) >= 11 is 0. The molecule has 1 unspecified atom stereocenters. The maximum absolute atomic E-state index is 13.0. The van der Waals surface area contributed by atoms with Gasteiger partial charge in [-0.05, 0) is 46.0 Å². The molecule has 0 heterocycles. The molecule has 0 aliphatic carbocycles. The minimum atomic E-state index is -3.20. The molecule has 0 amide bonds. The fraction of sp³-hybridized carbons (Fsp3) is 0.533. The summed E-state index contributed by atoms with van der Waals surface area (Å²) in [6, 6.07) is 8.25. The van der Waals surface area contributed by atoms with Gasteiger partial charge in [0.05, 0.1) is 12.8 Å². The second kappa shape index (κ2) is 9.62. The van der Waals surface area contributed by atoms with E-state index in [0.717, 1.165) is 6.54 Å². The van der Waals surface area contributed by atoms with E-state index in [1.165, 1.54) is 0 Å². The zero-order chi connectivity index (χ0) is 16.4. The predicted molar refractivity (Wildman–Crippen MR) is 87.3 cm³/mol. The largest absolute Gasteiger partial charge is 0.465 e. The number of rotatable bonds is 10. The zero-order valence-electron chi connectivity index (χ0n) is 13.4. The molecule has 0 aliphatic rings. The van der Waals surface area contributed by atoms with Crippen LogP contribution in [0.4, 0.5) is 0 Å². The van der Waals surface area contributed by atoms with Crippen LogP contribution < -0.4 is 14.9 Å². The molecule has 1 rings (SSSR count). The van der Waals surface area contributed by atoms with Crippen LogP contribution in [-0.2, 0) is 14.1 Å². The van der Waals surface area contributed by atoms with Crippen LogP contribution in [0.1, 0.15) is 20.3 Å². The number of carbonyl (C=O) groups is 1. The molecular formula is C15H25N2O4P. The van der Waals surface area contributed by atoms with Gasteiger partial charge in [-0.15, -0.1) is 0 Å². The van der Waals surface area contributed by atoms with E-state index in [9.17, 15) is 9.36 Å². The smallest absolute Gasteiger partial charge is 0.323 e. The van der Waals surface area contributed by atoms with Crippen LogP contribution in [0.15, 0.2) is 30.3 Å². The van der Waals surface area contributed by atoms with E-state index < -0.39 is 19.5 Å². The third-order valence-corrected chi connectivity index (χ3v) is 5.10. The lowest BCUT2D eigenvalue weighted by atomic mass is 10.3. The van der Waals surface area contributed by atoms with E-state index in [4.69, 9.17) is 9.26 Å². The zero-order valence-corrected chi connectivity index (χ0v) is 14.3. The Kier molecular flexibility index (Phi) is 8.17. The van der Waals surface area contributed by atoms with Gasteiger partial charge in [-0.25, -0.2) is 5.09 Å². The number of hydrogen-bond acceptors (Lipinski definition) is 5. The molecule has 1 aromatic rings. The van der Waals surface area contributed by atoms with Crippen molar-refractivity contribution in [3.8, 4) is 5.75 Å². The summed E-state index contributed by atoms with van der Waals surface area (Å²) in [5.74, 6) is 0.0758. The van der Waals surface area contributed by atoms with Crippen LogP contribution in [0.5, 0.6) is 5.75 Å². The SMILES string of the molecule is CCOC(=O)[C@H](C)NP(=O)(CCCNC)Oc1ccccc1. The minimum absolute atomic E-state index is 0.286. The van der Waals surface area contributed by atoms with Gasteiger partial charge in [-0.3, -0.25) is 9.36 Å². The highest BCUT2D eigenvalue weighted by Crippen LogP contribution is 2.44. The molecule has 7 heteroatoms. The fourth-order valence-corrected chi connectivity index (χ4v) is 3.87. The van der Waals surface area contributed by atoms with E-state index >= 15 is 0 Å². The van der Waals surface area contributed by atoms with Crippen LogP contribution >= 0.6 is 7.52 Å². The molecule has 0 saturated carbocycles. The maximum Gasteiger partial charge on any atom is 0.323 e. The number of ether oxygens (including phenoxy) is 1. The molecule has 0 aliphatic heterocycles. The highest BCUT2D eigenvalue weighted by Gasteiger charge is 2.29. The first-order valence-electron chi connectivity index (χ1n) is 7.43. The second-order valence-electron chi connectivity index (χ2n) is 4.86. The molecule has 0 spiro atoms. The topological polar surface area (TPSA) is 76.7 Å². The highest BCUT2D eigenvalue weighted by atomic mass is 31.2. The first kappa shape index (κ1) is 18.7. The Bertz CT molecular complexity index is 496. The Hall–Kier alpha value is -1.36. The van der Waals surface area contributed by atoms with Gasteiger partial charge in [-0.1, -0.05) is 18.2 Å². The van der Waals surface area contributed by atoms with E-state index in [0.29, 0.717) is 18.3 Å². The number of nitrogens with one attached hydrogen (secondary N) is 2. The number of para-hydroxylation sites is 1. The molecule has 2 N–H and O–H groups in total. The molecule has 6 nitrogen and oxygen atoms in total. The van der Waals surface area contributed by atoms with Crippen LogP contribution in [0.25, 0.3) is 0 Å². The number of carbonyl (C=O) groups excluding carboxylic acids is 1. The van der Waals surface area contributed by atoms with Crippen molar-refractivity contribution in [1.29, 1.82) is 0 Å². The van der Waals surface area contributed by atoms with Gasteiger partial charge in [0.25, 0.3) is 0 Å². The van der Waals surface area contributed by atoms with Gasteiger partial charge in [0.15, 0.2) is 0 Å². The van der Waals surface area contributed by atoms with Crippen molar-refractivity contribution < 1.29 is 18.6 Å². The lowest BCUT2D eigenvalue weighted by Crippen LogP contribution is -2.35. The van der Waals surface area contributed by atoms with Crippen molar-refractivity contribution >= 4 is 13.5 Å². The third kappa shape index (κ3) is 6.60. The fourth-order valence-electron chi connectivity index (χ4n) is 1.87. The van der Waals surface area contributed by atoms with E-state index in [1.807, 2.05) is 25.2 Å². The lowest BCUT2D eigenvalue weighted by molar-refractivity contribution is -0.144. The summed E-state index contributed by atoms with van der Waals surface area (Å²) in [6.07, 6.45) is 0.996. The summed E-state index contributed by atoms with van der Waals surface area (Å²) in [5, 5.41) is 5.82. The van der Waals surface area contributed by atoms with E-state index in [-0.39, 0.29) is 6.61 Å². The Balaban J connectivity index is 2.77. The predicted octanol–water partition coefficient (Wildman–Crippen LogP) is 2.41. The molecule has 0 saturated heterocycles. The number of esters is 1. The Morgan fingerprint density at radius 2 is 2.00 bits per heavy atom. The molecule has 124 valence electrons. The molecule has 0 aromatic heterocycles. The summed E-state index contributed by atoms with van der Waals surface area (Å²) in [4.78, 5) is 11.7. The van der Waals surface area contributed by atoms with Crippen LogP contribution in [0.2, 0.25) is 0 Å². The Morgan fingerprint density at radius 3 is 2.59 bits per heavy atom. The van der Waals surface area contributed by atoms with Crippen molar-refractivity contribution in [3.63, 3.8) is 0 Å². The van der Waals surface area contributed by atoms with Crippen molar-refractivity contribution in [2.75, 3.05) is 26.4 Å². The van der Waals surface area contributed by atoms with Crippen molar-refractivity contribution in [1.82, 2.24) is 10.4 Å². The standard InChI is InChI=1S/C15H25N2O4P/c1-4-20-15(18)13(2)17-22(19,12-8-11-16-3)21-14-9-6-5-7-10-14/h5-7,9-10,13,16H,4,8,11-12H2,1-3H3,(H,17,19)/t13-,22?/m0/s1. The summed E-state index contributed by atoms with van der Waals surface area (Å²) < 4.78 is 23.6. The molecular weight excluding hydrogens is 303 g/mol. The number of hydrogen-bond donors (Lipinski definition) is 2. The second-order valence-corrected chi connectivity index (χ2v) is 7.10. The van der Waals surface area contributed by atoms with Gasteiger partial charge >= 0.3 is 13.5 Å². The summed E-state index contributed by atoms with van der Waals surface area (Å²) in [7, 11) is -1.36. The molecule has 22 heavy (non-hydrogen) atoms. The molecule has 0 fully saturated rings. The van der Waals surface area contributed by atoms with Crippen molar-refractivity contribution in [3.05, 3.63) is 30.3 Å². The van der Waals surface area contributed by atoms with Crippen molar-refractivity contribution in [2.24, 2.45) is 0 Å². The van der Waals surface area contributed by atoms with Gasteiger partial charge in [0, 0.05) is 0 Å². The van der Waals surface area contributed by atoms with Crippen molar-refractivity contribution in [2.45, 2.75) is 26.3 Å². The maximum atomic E-state index is 13.0. The Morgan fingerprint density at radius 1 is 1.32 bits per heavy atom.